The molecule has 0 bridgehead atoms. The third-order valence-electron chi connectivity index (χ3n) is 4.82. The van der Waals surface area contributed by atoms with E-state index in [1.165, 1.54) is 11.1 Å². The van der Waals surface area contributed by atoms with Gasteiger partial charge >= 0.3 is 0 Å². The lowest BCUT2D eigenvalue weighted by Crippen LogP contribution is -2.56. The summed E-state index contributed by atoms with van der Waals surface area (Å²) in [6, 6.07) is 6.57. The maximum absolute atomic E-state index is 11.9. The molecule has 0 aromatic heterocycles. The summed E-state index contributed by atoms with van der Waals surface area (Å²) in [6.07, 6.45) is 3.68. The molecule has 0 radical (unpaired) electrons. The molecular weight excluding hydrogens is 246 g/mol. The van der Waals surface area contributed by atoms with E-state index in [1.54, 1.807) is 0 Å². The van der Waals surface area contributed by atoms with Gasteiger partial charge in [-0.05, 0) is 42.5 Å². The Bertz CT molecular complexity index is 513. The second kappa shape index (κ2) is 3.99. The minimum atomic E-state index is 0.0980. The molecule has 96 valence electrons. The van der Waals surface area contributed by atoms with Gasteiger partial charge in [0.05, 0.1) is 0 Å². The van der Waals surface area contributed by atoms with Gasteiger partial charge in [0.25, 0.3) is 0 Å². The molecule has 1 fully saturated rings. The molecule has 1 aromatic carbocycles. The van der Waals surface area contributed by atoms with E-state index >= 15 is 0 Å². The van der Waals surface area contributed by atoms with Crippen molar-refractivity contribution in [1.82, 2.24) is 4.90 Å². The number of carbonyl (C=O) groups excluding carboxylic acids is 1. The number of fused-ring (bicyclic) bond motifs is 3. The first-order chi connectivity index (χ1) is 8.52. The minimum Gasteiger partial charge on any atom is -0.342 e. The summed E-state index contributed by atoms with van der Waals surface area (Å²) in [5, 5.41) is 0.816. The Labute approximate surface area is 113 Å². The fourth-order valence-corrected chi connectivity index (χ4v) is 3.95. The average molecular weight is 264 g/mol. The zero-order chi connectivity index (χ0) is 12.9. The first kappa shape index (κ1) is 12.0. The van der Waals surface area contributed by atoms with Crippen LogP contribution in [-0.2, 0) is 16.6 Å². The van der Waals surface area contributed by atoms with E-state index < -0.39 is 0 Å². The van der Waals surface area contributed by atoms with Crippen LogP contribution in [0.25, 0.3) is 0 Å². The lowest BCUT2D eigenvalue weighted by Gasteiger charge is -2.50. The van der Waals surface area contributed by atoms with Crippen LogP contribution in [0.5, 0.6) is 0 Å². The molecule has 0 spiro atoms. The zero-order valence-corrected chi connectivity index (χ0v) is 11.6. The fourth-order valence-electron chi connectivity index (χ4n) is 3.76. The summed E-state index contributed by atoms with van der Waals surface area (Å²) in [6.45, 7) is 2.30. The van der Waals surface area contributed by atoms with Crippen LogP contribution >= 0.6 is 11.6 Å². The van der Waals surface area contributed by atoms with Crippen molar-refractivity contribution in [2.24, 2.45) is 0 Å². The number of rotatable bonds is 0. The second-order valence-electron chi connectivity index (χ2n) is 5.78. The Kier molecular flexibility index (Phi) is 2.67. The van der Waals surface area contributed by atoms with Crippen molar-refractivity contribution in [2.45, 2.75) is 44.1 Å². The number of halogens is 1. The molecule has 0 unspecified atom stereocenters. The molecule has 3 rings (SSSR count). The minimum absolute atomic E-state index is 0.0980. The molecule has 1 saturated heterocycles. The maximum Gasteiger partial charge on any atom is 0.222 e. The third kappa shape index (κ3) is 1.58. The van der Waals surface area contributed by atoms with Crippen LogP contribution in [0.2, 0.25) is 5.02 Å². The summed E-state index contributed by atoms with van der Waals surface area (Å²) in [5.74, 6) is 0.287. The highest BCUT2D eigenvalue weighted by Gasteiger charge is 2.46. The van der Waals surface area contributed by atoms with E-state index in [0.29, 0.717) is 12.5 Å². The maximum atomic E-state index is 11.9. The largest absolute Gasteiger partial charge is 0.342 e. The number of carbonyl (C=O) groups is 1. The molecule has 2 aliphatic rings. The molecule has 1 aliphatic carbocycles. The van der Waals surface area contributed by atoms with E-state index in [-0.39, 0.29) is 11.3 Å². The molecule has 2 atom stereocenters. The standard InChI is InChI=1S/C15H18ClNO/c1-15-8-7-14(18)17(2)13(15)6-3-10-9-11(16)4-5-12(10)15/h4-5,9,13H,3,6-8H2,1-2H3/t13-,15-/m0/s1. The number of likely N-dealkylation sites (tertiary alicyclic amines) is 1. The van der Waals surface area contributed by atoms with Gasteiger partial charge in [0.1, 0.15) is 0 Å². The molecular formula is C15H18ClNO. The van der Waals surface area contributed by atoms with Gasteiger partial charge in [-0.15, -0.1) is 0 Å². The number of likely N-dealkylation sites (N-methyl/N-ethyl adjacent to an activating group) is 1. The molecule has 1 amide bonds. The third-order valence-corrected chi connectivity index (χ3v) is 5.06. The zero-order valence-electron chi connectivity index (χ0n) is 10.9. The van der Waals surface area contributed by atoms with E-state index in [9.17, 15) is 4.79 Å². The predicted molar refractivity (Wildman–Crippen MR) is 72.9 cm³/mol. The number of amides is 1. The Morgan fingerprint density at radius 1 is 1.39 bits per heavy atom. The Balaban J connectivity index is 2.09. The first-order valence-corrected chi connectivity index (χ1v) is 6.95. The van der Waals surface area contributed by atoms with Crippen molar-refractivity contribution in [3.05, 3.63) is 34.3 Å². The highest BCUT2D eigenvalue weighted by molar-refractivity contribution is 6.30. The van der Waals surface area contributed by atoms with Crippen molar-refractivity contribution in [2.75, 3.05) is 7.05 Å². The lowest BCUT2D eigenvalue weighted by atomic mass is 9.63. The van der Waals surface area contributed by atoms with Crippen molar-refractivity contribution in [3.8, 4) is 0 Å². The van der Waals surface area contributed by atoms with Crippen molar-refractivity contribution >= 4 is 17.5 Å². The van der Waals surface area contributed by atoms with E-state index in [4.69, 9.17) is 11.6 Å². The highest BCUT2D eigenvalue weighted by atomic mass is 35.5. The van der Waals surface area contributed by atoms with Crippen LogP contribution in [0.1, 0.15) is 37.3 Å². The predicted octanol–water partition coefficient (Wildman–Crippen LogP) is 3.16. The van der Waals surface area contributed by atoms with Gasteiger partial charge < -0.3 is 4.90 Å². The van der Waals surface area contributed by atoms with Crippen LogP contribution in [0.3, 0.4) is 0 Å². The van der Waals surface area contributed by atoms with Crippen LogP contribution in [0.4, 0.5) is 0 Å². The number of benzene rings is 1. The van der Waals surface area contributed by atoms with Gasteiger partial charge in [0, 0.05) is 29.9 Å². The summed E-state index contributed by atoms with van der Waals surface area (Å²) in [5.41, 5.74) is 2.85. The van der Waals surface area contributed by atoms with Crippen LogP contribution in [0.15, 0.2) is 18.2 Å². The monoisotopic (exact) mass is 263 g/mol. The molecule has 18 heavy (non-hydrogen) atoms. The normalized spacial score (nSPS) is 30.9. The molecule has 1 aliphatic heterocycles. The summed E-state index contributed by atoms with van der Waals surface area (Å²) in [7, 11) is 1.95. The van der Waals surface area contributed by atoms with Crippen molar-refractivity contribution in [3.63, 3.8) is 0 Å². The van der Waals surface area contributed by atoms with Gasteiger partial charge in [-0.25, -0.2) is 0 Å². The number of hydrogen-bond acceptors (Lipinski definition) is 1. The van der Waals surface area contributed by atoms with E-state index in [2.05, 4.69) is 19.1 Å². The average Bonchev–Trinajstić information content (AvgIpc) is 2.34. The first-order valence-electron chi connectivity index (χ1n) is 6.57. The molecule has 2 nitrogen and oxygen atoms in total. The Morgan fingerprint density at radius 3 is 2.94 bits per heavy atom. The number of nitrogens with zero attached hydrogens (tertiary/aromatic N) is 1. The van der Waals surface area contributed by atoms with Crippen molar-refractivity contribution < 1.29 is 4.79 Å². The molecule has 0 saturated carbocycles. The van der Waals surface area contributed by atoms with Gasteiger partial charge in [0.15, 0.2) is 0 Å². The number of aryl methyl sites for hydroxylation is 1. The highest BCUT2D eigenvalue weighted by Crippen LogP contribution is 2.45. The SMILES string of the molecule is CN1C(=O)CC[C@@]2(C)c3ccc(Cl)cc3CC[C@H]12. The summed E-state index contributed by atoms with van der Waals surface area (Å²) >= 11 is 6.08. The Morgan fingerprint density at radius 2 is 2.17 bits per heavy atom. The number of piperidine rings is 1. The van der Waals surface area contributed by atoms with Gasteiger partial charge in [0.2, 0.25) is 5.91 Å². The number of hydrogen-bond donors (Lipinski definition) is 0. The Hall–Kier alpha value is -1.02. The van der Waals surface area contributed by atoms with Crippen molar-refractivity contribution in [1.29, 1.82) is 0 Å². The fraction of sp³-hybridized carbons (Fsp3) is 0.533. The van der Waals surface area contributed by atoms with Gasteiger partial charge in [-0.3, -0.25) is 4.79 Å². The van der Waals surface area contributed by atoms with Crippen LogP contribution in [-0.4, -0.2) is 23.9 Å². The van der Waals surface area contributed by atoms with Crippen LogP contribution < -0.4 is 0 Å². The topological polar surface area (TPSA) is 20.3 Å². The van der Waals surface area contributed by atoms with Gasteiger partial charge in [-0.2, -0.15) is 0 Å². The van der Waals surface area contributed by atoms with E-state index in [1.807, 2.05) is 18.0 Å². The van der Waals surface area contributed by atoms with Crippen LogP contribution in [0, 0.1) is 0 Å². The molecule has 3 heteroatoms. The van der Waals surface area contributed by atoms with Gasteiger partial charge in [-0.1, -0.05) is 24.6 Å². The summed E-state index contributed by atoms with van der Waals surface area (Å²) < 4.78 is 0. The lowest BCUT2D eigenvalue weighted by molar-refractivity contribution is -0.138. The smallest absolute Gasteiger partial charge is 0.222 e. The second-order valence-corrected chi connectivity index (χ2v) is 6.21. The molecule has 1 heterocycles. The summed E-state index contributed by atoms with van der Waals surface area (Å²) in [4.78, 5) is 13.8. The molecule has 0 N–H and O–H groups in total. The quantitative estimate of drug-likeness (QED) is 0.704. The van der Waals surface area contributed by atoms with E-state index in [0.717, 1.165) is 24.3 Å². The molecule has 1 aromatic rings.